The smallest absolute Gasteiger partial charge is 0.181 e. The van der Waals surface area contributed by atoms with Gasteiger partial charge in [0.2, 0.25) is 0 Å². The van der Waals surface area contributed by atoms with Gasteiger partial charge in [-0.2, -0.15) is 0 Å². The molecule has 0 unspecified atom stereocenters. The first-order chi connectivity index (χ1) is 8.15. The third-order valence-electron chi connectivity index (χ3n) is 2.02. The molecular weight excluding hydrogens is 236 g/mol. The minimum Gasteiger partial charge on any atom is -0.359 e. The average molecular weight is 250 g/mol. The molecule has 2 aromatic heterocycles. The van der Waals surface area contributed by atoms with Crippen molar-refractivity contribution in [3.8, 4) is 0 Å². The summed E-state index contributed by atoms with van der Waals surface area (Å²) in [5.41, 5.74) is 2.94. The van der Waals surface area contributed by atoms with Crippen molar-refractivity contribution in [1.82, 2.24) is 9.97 Å². The highest BCUT2D eigenvalue weighted by molar-refractivity contribution is 7.07. The fourth-order valence-corrected chi connectivity index (χ4v) is 1.64. The molecule has 0 fully saturated rings. The fourth-order valence-electron chi connectivity index (χ4n) is 1.08. The number of carbonyl (C=O) groups is 2. The topological polar surface area (TPSA) is 62.8 Å². The molecule has 0 aliphatic carbocycles. The summed E-state index contributed by atoms with van der Waals surface area (Å²) in [6, 6.07) is 3.55. The van der Waals surface area contributed by atoms with E-state index in [0.29, 0.717) is 17.8 Å². The second kappa shape index (κ2) is 6.75. The molecule has 2 rings (SSSR count). The van der Waals surface area contributed by atoms with Crippen LogP contribution in [-0.4, -0.2) is 21.5 Å². The van der Waals surface area contributed by atoms with Crippen molar-refractivity contribution in [3.05, 3.63) is 40.6 Å². The number of rotatable bonds is 3. The summed E-state index contributed by atoms with van der Waals surface area (Å²) < 4.78 is 0. The molecular formula is C12H14N2O2S. The van der Waals surface area contributed by atoms with E-state index in [1.807, 2.05) is 6.92 Å². The van der Waals surface area contributed by atoms with Crippen LogP contribution in [0.3, 0.4) is 0 Å². The Bertz CT molecular complexity index is 461. The highest BCUT2D eigenvalue weighted by Crippen LogP contribution is 2.03. The van der Waals surface area contributed by atoms with Crippen LogP contribution in [0.1, 0.15) is 41.2 Å². The number of aromatic nitrogens is 2. The van der Waals surface area contributed by atoms with Crippen molar-refractivity contribution in [1.29, 1.82) is 0 Å². The van der Waals surface area contributed by atoms with Gasteiger partial charge in [0.25, 0.3) is 0 Å². The van der Waals surface area contributed by atoms with Crippen LogP contribution in [-0.2, 0) is 0 Å². The molecule has 0 amide bonds. The zero-order chi connectivity index (χ0) is 12.7. The number of carbonyl (C=O) groups excluding carboxylic acids is 2. The van der Waals surface area contributed by atoms with Crippen molar-refractivity contribution < 1.29 is 9.59 Å². The molecule has 2 aromatic rings. The maximum Gasteiger partial charge on any atom is 0.181 e. The lowest BCUT2D eigenvalue weighted by Crippen LogP contribution is -1.94. The van der Waals surface area contributed by atoms with E-state index in [1.165, 1.54) is 18.3 Å². The van der Waals surface area contributed by atoms with Crippen LogP contribution in [0.2, 0.25) is 0 Å². The maximum atomic E-state index is 10.8. The Morgan fingerprint density at radius 3 is 2.59 bits per heavy atom. The first kappa shape index (κ1) is 13.3. The number of aromatic amines is 1. The van der Waals surface area contributed by atoms with Crippen LogP contribution < -0.4 is 0 Å². The molecule has 0 radical (unpaired) electrons. The number of nitrogens with zero attached hydrogens (tertiary/aromatic N) is 1. The van der Waals surface area contributed by atoms with Gasteiger partial charge in [-0.25, -0.2) is 4.98 Å². The average Bonchev–Trinajstić information content (AvgIpc) is 3.01. The Kier molecular flexibility index (Phi) is 5.29. The molecule has 5 heteroatoms. The molecule has 4 nitrogen and oxygen atoms in total. The summed E-state index contributed by atoms with van der Waals surface area (Å²) in [5, 5.41) is 1.77. The molecule has 0 aliphatic heterocycles. The van der Waals surface area contributed by atoms with Crippen molar-refractivity contribution >= 4 is 22.9 Å². The van der Waals surface area contributed by atoms with Crippen molar-refractivity contribution in [2.45, 2.75) is 20.3 Å². The second-order valence-corrected chi connectivity index (χ2v) is 4.01. The zero-order valence-electron chi connectivity index (χ0n) is 9.77. The lowest BCUT2D eigenvalue weighted by molar-refractivity contribution is 0.0981. The Balaban J connectivity index is 0.000000171. The van der Waals surface area contributed by atoms with Gasteiger partial charge in [0.1, 0.15) is 5.69 Å². The van der Waals surface area contributed by atoms with Gasteiger partial charge < -0.3 is 4.98 Å². The van der Waals surface area contributed by atoms with Gasteiger partial charge in [-0.3, -0.25) is 9.59 Å². The van der Waals surface area contributed by atoms with Gasteiger partial charge in [0, 0.05) is 24.9 Å². The third-order valence-corrected chi connectivity index (χ3v) is 2.60. The molecule has 1 N–H and O–H groups in total. The van der Waals surface area contributed by atoms with Crippen LogP contribution in [0.25, 0.3) is 0 Å². The molecule has 0 aromatic carbocycles. The minimum absolute atomic E-state index is 0.0787. The first-order valence-corrected chi connectivity index (χ1v) is 6.15. The summed E-state index contributed by atoms with van der Waals surface area (Å²) in [6.45, 7) is 3.37. The van der Waals surface area contributed by atoms with Gasteiger partial charge in [0.15, 0.2) is 11.6 Å². The second-order valence-electron chi connectivity index (χ2n) is 3.29. The van der Waals surface area contributed by atoms with Crippen LogP contribution in [0.15, 0.2) is 29.2 Å². The summed E-state index contributed by atoms with van der Waals surface area (Å²) >= 11 is 1.45. The van der Waals surface area contributed by atoms with Crippen LogP contribution >= 0.6 is 11.3 Å². The molecule has 0 saturated heterocycles. The van der Waals surface area contributed by atoms with Gasteiger partial charge in [0.05, 0.1) is 11.2 Å². The lowest BCUT2D eigenvalue weighted by atomic mass is 10.2. The molecule has 90 valence electrons. The van der Waals surface area contributed by atoms with E-state index in [-0.39, 0.29) is 11.6 Å². The zero-order valence-corrected chi connectivity index (χ0v) is 10.6. The lowest BCUT2D eigenvalue weighted by Gasteiger charge is -1.85. The molecule has 2 heterocycles. The fraction of sp³-hybridized carbons (Fsp3) is 0.250. The number of Topliss-reactive ketones (excluding diaryl/α,β-unsaturated/α-hetero) is 2. The van der Waals surface area contributed by atoms with E-state index < -0.39 is 0 Å². The number of H-pyrrole nitrogens is 1. The van der Waals surface area contributed by atoms with Gasteiger partial charge in [-0.05, 0) is 12.1 Å². The van der Waals surface area contributed by atoms with Crippen molar-refractivity contribution in [2.75, 3.05) is 0 Å². The minimum atomic E-state index is 0.0787. The largest absolute Gasteiger partial charge is 0.359 e. The third kappa shape index (κ3) is 4.32. The monoisotopic (exact) mass is 250 g/mol. The molecule has 0 saturated carbocycles. The standard InChI is InChI=1S/C6H7NOS.C6H7NO/c1-2-6(8)5-3-9-4-7-5;1-5(8)6-3-2-4-7-6/h3-4H,2H2,1H3;2-4,7H,1H3. The Hall–Kier alpha value is -1.75. The Morgan fingerprint density at radius 2 is 2.24 bits per heavy atom. The Morgan fingerprint density at radius 1 is 1.47 bits per heavy atom. The molecule has 0 atom stereocenters. The van der Waals surface area contributed by atoms with Crippen molar-refractivity contribution in [2.24, 2.45) is 0 Å². The summed E-state index contributed by atoms with van der Waals surface area (Å²) in [5.74, 6) is 0.200. The van der Waals surface area contributed by atoms with E-state index in [0.717, 1.165) is 0 Å². The quantitative estimate of drug-likeness (QED) is 0.852. The van der Waals surface area contributed by atoms with Gasteiger partial charge in [-0.1, -0.05) is 6.92 Å². The summed E-state index contributed by atoms with van der Waals surface area (Å²) in [6.07, 6.45) is 2.28. The van der Waals surface area contributed by atoms with E-state index in [4.69, 9.17) is 0 Å². The number of ketones is 2. The Labute approximate surface area is 104 Å². The first-order valence-electron chi connectivity index (χ1n) is 5.20. The van der Waals surface area contributed by atoms with Crippen molar-refractivity contribution in [3.63, 3.8) is 0 Å². The summed E-state index contributed by atoms with van der Waals surface area (Å²) in [4.78, 5) is 27.9. The van der Waals surface area contributed by atoms with Gasteiger partial charge in [-0.15, -0.1) is 11.3 Å². The van der Waals surface area contributed by atoms with Crippen LogP contribution in [0.5, 0.6) is 0 Å². The molecule has 0 aliphatic rings. The van der Waals surface area contributed by atoms with Gasteiger partial charge >= 0.3 is 0 Å². The van der Waals surface area contributed by atoms with E-state index >= 15 is 0 Å². The molecule has 0 bridgehead atoms. The van der Waals surface area contributed by atoms with E-state index in [2.05, 4.69) is 9.97 Å². The van der Waals surface area contributed by atoms with E-state index in [9.17, 15) is 9.59 Å². The van der Waals surface area contributed by atoms with Crippen LogP contribution in [0.4, 0.5) is 0 Å². The highest BCUT2D eigenvalue weighted by Gasteiger charge is 2.02. The number of thiazole rings is 1. The predicted octanol–water partition coefficient (Wildman–Crippen LogP) is 2.95. The molecule has 0 spiro atoms. The SMILES string of the molecule is CC(=O)c1ccc[nH]1.CCC(=O)c1cscn1. The number of hydrogen-bond acceptors (Lipinski definition) is 4. The highest BCUT2D eigenvalue weighted by atomic mass is 32.1. The molecule has 17 heavy (non-hydrogen) atoms. The number of nitrogens with one attached hydrogen (secondary N) is 1. The number of hydrogen-bond donors (Lipinski definition) is 1. The van der Waals surface area contributed by atoms with E-state index in [1.54, 1.807) is 29.2 Å². The maximum absolute atomic E-state index is 10.8. The normalized spacial score (nSPS) is 9.29. The summed E-state index contributed by atoms with van der Waals surface area (Å²) in [7, 11) is 0. The van der Waals surface area contributed by atoms with Crippen LogP contribution in [0, 0.1) is 0 Å². The predicted molar refractivity (Wildman–Crippen MR) is 67.5 cm³/mol.